The number of ether oxygens (including phenoxy) is 1. The van der Waals surface area contributed by atoms with Gasteiger partial charge in [-0.2, -0.15) is 0 Å². The van der Waals surface area contributed by atoms with Crippen LogP contribution >= 0.6 is 0 Å². The third-order valence-electron chi connectivity index (χ3n) is 2.92. The van der Waals surface area contributed by atoms with Crippen LogP contribution in [0.2, 0.25) is 0 Å². The average molecular weight is 248 g/mol. The van der Waals surface area contributed by atoms with Crippen molar-refractivity contribution in [3.63, 3.8) is 0 Å². The summed E-state index contributed by atoms with van der Waals surface area (Å²) >= 11 is 0. The number of benzene rings is 1. The highest BCUT2D eigenvalue weighted by molar-refractivity contribution is 5.54. The fraction of sp³-hybridized carbons (Fsp3) is 0.500. The number of unbranched alkanes of at least 4 members (excludes halogenated alkanes) is 1. The summed E-state index contributed by atoms with van der Waals surface area (Å²) in [5.41, 5.74) is 2.16. The van der Waals surface area contributed by atoms with Gasteiger partial charge < -0.3 is 9.84 Å². The minimum absolute atomic E-state index is 0.117. The summed E-state index contributed by atoms with van der Waals surface area (Å²) in [5.74, 6) is 1.28. The zero-order valence-corrected chi connectivity index (χ0v) is 11.6. The highest BCUT2D eigenvalue weighted by Crippen LogP contribution is 2.17. The van der Waals surface area contributed by atoms with Gasteiger partial charge in [-0.3, -0.25) is 0 Å². The van der Waals surface area contributed by atoms with Gasteiger partial charge in [0.2, 0.25) is 0 Å². The fourth-order valence-electron chi connectivity index (χ4n) is 1.60. The van der Waals surface area contributed by atoms with Gasteiger partial charge in [-0.25, -0.2) is 0 Å². The Kier molecular flexibility index (Phi) is 6.51. The Morgan fingerprint density at radius 2 is 1.94 bits per heavy atom. The molecule has 0 amide bonds. The average Bonchev–Trinajstić information content (AvgIpc) is 2.37. The van der Waals surface area contributed by atoms with E-state index in [1.165, 1.54) is 0 Å². The summed E-state index contributed by atoms with van der Waals surface area (Å²) in [4.78, 5) is 0. The van der Waals surface area contributed by atoms with Gasteiger partial charge >= 0.3 is 0 Å². The van der Waals surface area contributed by atoms with Crippen molar-refractivity contribution in [1.82, 2.24) is 0 Å². The van der Waals surface area contributed by atoms with E-state index < -0.39 is 0 Å². The molecule has 1 rings (SSSR count). The smallest absolute Gasteiger partial charge is 0.119 e. The molecular weight excluding hydrogens is 224 g/mol. The Morgan fingerprint density at radius 1 is 1.28 bits per heavy atom. The lowest BCUT2D eigenvalue weighted by Crippen LogP contribution is -1.99. The summed E-state index contributed by atoms with van der Waals surface area (Å²) < 4.78 is 5.61. The molecule has 0 aliphatic rings. The van der Waals surface area contributed by atoms with Gasteiger partial charge in [-0.1, -0.05) is 45.4 Å². The Morgan fingerprint density at radius 3 is 2.44 bits per heavy atom. The van der Waals surface area contributed by atoms with E-state index in [-0.39, 0.29) is 6.61 Å². The van der Waals surface area contributed by atoms with Gasteiger partial charge in [0.05, 0.1) is 13.2 Å². The Balaban J connectivity index is 2.64. The highest BCUT2D eigenvalue weighted by atomic mass is 16.5. The molecule has 0 aliphatic heterocycles. The van der Waals surface area contributed by atoms with E-state index in [1.54, 1.807) is 0 Å². The molecule has 0 heterocycles. The molecule has 0 radical (unpaired) electrons. The second-order valence-corrected chi connectivity index (χ2v) is 4.80. The van der Waals surface area contributed by atoms with Crippen LogP contribution in [0.1, 0.15) is 39.2 Å². The molecule has 0 saturated heterocycles. The maximum absolute atomic E-state index is 9.26. The van der Waals surface area contributed by atoms with Crippen molar-refractivity contribution in [2.24, 2.45) is 5.92 Å². The second-order valence-electron chi connectivity index (χ2n) is 4.80. The first kappa shape index (κ1) is 14.8. The molecule has 1 aromatic carbocycles. The van der Waals surface area contributed by atoms with Crippen LogP contribution in [-0.2, 0) is 0 Å². The van der Waals surface area contributed by atoms with E-state index in [1.807, 2.05) is 30.3 Å². The monoisotopic (exact) mass is 248 g/mol. The molecular formula is C16H24O2. The topological polar surface area (TPSA) is 29.5 Å². The van der Waals surface area contributed by atoms with Crippen LogP contribution in [0.25, 0.3) is 6.08 Å². The highest BCUT2D eigenvalue weighted by Gasteiger charge is 2.01. The normalized spacial score (nSPS) is 11.9. The zero-order valence-electron chi connectivity index (χ0n) is 11.6. The Hall–Kier alpha value is -1.28. The Labute approximate surface area is 110 Å². The third-order valence-corrected chi connectivity index (χ3v) is 2.92. The van der Waals surface area contributed by atoms with Gasteiger partial charge in [0.25, 0.3) is 0 Å². The molecule has 1 aromatic rings. The fourth-order valence-corrected chi connectivity index (χ4v) is 1.60. The van der Waals surface area contributed by atoms with Gasteiger partial charge in [0.15, 0.2) is 0 Å². The van der Waals surface area contributed by atoms with Gasteiger partial charge in [0.1, 0.15) is 5.75 Å². The van der Waals surface area contributed by atoms with Crippen LogP contribution in [0.15, 0.2) is 29.8 Å². The van der Waals surface area contributed by atoms with Crippen LogP contribution in [0, 0.1) is 5.92 Å². The van der Waals surface area contributed by atoms with Crippen molar-refractivity contribution in [3.8, 4) is 5.75 Å². The van der Waals surface area contributed by atoms with E-state index in [0.717, 1.165) is 36.3 Å². The maximum atomic E-state index is 9.26. The van der Waals surface area contributed by atoms with Crippen molar-refractivity contribution >= 4 is 6.08 Å². The van der Waals surface area contributed by atoms with E-state index in [4.69, 9.17) is 4.74 Å². The van der Waals surface area contributed by atoms with E-state index in [9.17, 15) is 5.11 Å². The lowest BCUT2D eigenvalue weighted by molar-refractivity contribution is 0.309. The molecule has 0 aliphatic carbocycles. The molecule has 0 spiro atoms. The SMILES string of the molecule is CCCCOc1ccc(C=C(CO)C(C)C)cc1. The van der Waals surface area contributed by atoms with E-state index in [2.05, 4.69) is 20.8 Å². The molecule has 2 heteroatoms. The summed E-state index contributed by atoms with van der Waals surface area (Å²) in [7, 11) is 0. The number of aliphatic hydroxyl groups excluding tert-OH is 1. The van der Waals surface area contributed by atoms with E-state index >= 15 is 0 Å². The molecule has 18 heavy (non-hydrogen) atoms. The van der Waals surface area contributed by atoms with Gasteiger partial charge in [-0.15, -0.1) is 0 Å². The molecule has 0 fully saturated rings. The summed E-state index contributed by atoms with van der Waals surface area (Å²) in [5, 5.41) is 9.26. The zero-order chi connectivity index (χ0) is 13.4. The van der Waals surface area contributed by atoms with Crippen molar-refractivity contribution in [3.05, 3.63) is 35.4 Å². The quantitative estimate of drug-likeness (QED) is 0.742. The van der Waals surface area contributed by atoms with Crippen LogP contribution < -0.4 is 4.74 Å². The molecule has 0 aromatic heterocycles. The van der Waals surface area contributed by atoms with Crippen LogP contribution in [0.5, 0.6) is 5.75 Å². The molecule has 0 saturated carbocycles. The van der Waals surface area contributed by atoms with Crippen LogP contribution in [-0.4, -0.2) is 18.3 Å². The minimum Gasteiger partial charge on any atom is -0.494 e. The number of hydrogen-bond donors (Lipinski definition) is 1. The lowest BCUT2D eigenvalue weighted by atomic mass is 10.0. The standard InChI is InChI=1S/C16H24O2/c1-4-5-10-18-16-8-6-14(7-9-16)11-15(12-17)13(2)3/h6-9,11,13,17H,4-5,10,12H2,1-3H3. The third kappa shape index (κ3) is 4.92. The predicted octanol–water partition coefficient (Wildman–Crippen LogP) is 3.90. The van der Waals surface area contributed by atoms with Crippen LogP contribution in [0.4, 0.5) is 0 Å². The first-order valence-electron chi connectivity index (χ1n) is 6.71. The predicted molar refractivity (Wildman–Crippen MR) is 76.7 cm³/mol. The first-order valence-corrected chi connectivity index (χ1v) is 6.71. The Bertz CT molecular complexity index is 363. The lowest BCUT2D eigenvalue weighted by Gasteiger charge is -2.09. The van der Waals surface area contributed by atoms with E-state index in [0.29, 0.717) is 5.92 Å². The molecule has 1 N–H and O–H groups in total. The number of hydrogen-bond acceptors (Lipinski definition) is 2. The summed E-state index contributed by atoms with van der Waals surface area (Å²) in [6.45, 7) is 7.22. The molecule has 100 valence electrons. The number of aliphatic hydroxyl groups is 1. The van der Waals surface area contributed by atoms with Crippen LogP contribution in [0.3, 0.4) is 0 Å². The summed E-state index contributed by atoms with van der Waals surface area (Å²) in [6, 6.07) is 8.02. The second kappa shape index (κ2) is 7.93. The van der Waals surface area contributed by atoms with Crippen molar-refractivity contribution in [2.75, 3.05) is 13.2 Å². The molecule has 2 nitrogen and oxygen atoms in total. The maximum Gasteiger partial charge on any atom is 0.119 e. The van der Waals surface area contributed by atoms with Crippen molar-refractivity contribution in [2.45, 2.75) is 33.6 Å². The molecule has 0 unspecified atom stereocenters. The number of rotatable bonds is 7. The summed E-state index contributed by atoms with van der Waals surface area (Å²) in [6.07, 6.45) is 4.28. The largest absolute Gasteiger partial charge is 0.494 e. The molecule has 0 atom stereocenters. The van der Waals surface area contributed by atoms with Gasteiger partial charge in [0, 0.05) is 0 Å². The minimum atomic E-state index is 0.117. The van der Waals surface area contributed by atoms with Gasteiger partial charge in [-0.05, 0) is 35.6 Å². The van der Waals surface area contributed by atoms with Crippen molar-refractivity contribution in [1.29, 1.82) is 0 Å². The molecule has 0 bridgehead atoms. The first-order chi connectivity index (χ1) is 8.67. The van der Waals surface area contributed by atoms with Crippen molar-refractivity contribution < 1.29 is 9.84 Å².